The number of nitrogens with one attached hydrogen (secondary N) is 1. The van der Waals surface area contributed by atoms with Crippen LogP contribution in [0.2, 0.25) is 0 Å². The Morgan fingerprint density at radius 3 is 2.23 bits per heavy atom. The molecule has 6 heteroatoms. The highest BCUT2D eigenvalue weighted by atomic mass is 16.5. The molecule has 2 heterocycles. The Balaban J connectivity index is 1.73. The first-order valence-corrected chi connectivity index (χ1v) is 9.69. The van der Waals surface area contributed by atoms with Crippen LogP contribution in [0.1, 0.15) is 28.0 Å². The predicted octanol–water partition coefficient (Wildman–Crippen LogP) is 4.96. The van der Waals surface area contributed by atoms with Crippen LogP contribution in [-0.4, -0.2) is 13.0 Å². The van der Waals surface area contributed by atoms with Crippen molar-refractivity contribution in [3.63, 3.8) is 0 Å². The lowest BCUT2D eigenvalue weighted by Gasteiger charge is -2.11. The lowest BCUT2D eigenvalue weighted by Crippen LogP contribution is -2.20. The van der Waals surface area contributed by atoms with Crippen LogP contribution in [0.25, 0.3) is 21.9 Å². The number of carbonyl (C=O) groups excluding carboxylic acids is 1. The second kappa shape index (κ2) is 7.37. The van der Waals surface area contributed by atoms with Crippen LogP contribution >= 0.6 is 0 Å². The molecule has 0 aliphatic rings. The number of ether oxygens (including phenoxy) is 1. The second-order valence-electron chi connectivity index (χ2n) is 7.48. The standard InChI is InChI=1S/C24H23NO5/c1-12-15(4)29-22-14(3)23-19(10-18(12)22)13(2)20(24(27)30-23)11-21(26)25-16-6-8-17(28-5)9-7-16/h6-10H,11H2,1-5H3,(H,25,26). The third-order valence-corrected chi connectivity index (χ3v) is 5.66. The molecule has 4 rings (SSSR count). The van der Waals surface area contributed by atoms with E-state index in [9.17, 15) is 9.59 Å². The van der Waals surface area contributed by atoms with Crippen LogP contribution in [0.4, 0.5) is 5.69 Å². The molecule has 1 N–H and O–H groups in total. The highest BCUT2D eigenvalue weighted by Gasteiger charge is 2.20. The zero-order chi connectivity index (χ0) is 21.6. The van der Waals surface area contributed by atoms with Crippen molar-refractivity contribution in [3.8, 4) is 5.75 Å². The molecule has 0 saturated carbocycles. The van der Waals surface area contributed by atoms with Crippen molar-refractivity contribution in [2.45, 2.75) is 34.1 Å². The van der Waals surface area contributed by atoms with Gasteiger partial charge in [0.15, 0.2) is 0 Å². The van der Waals surface area contributed by atoms with Crippen molar-refractivity contribution >= 4 is 33.5 Å². The molecular weight excluding hydrogens is 382 g/mol. The number of amides is 1. The van der Waals surface area contributed by atoms with E-state index in [1.807, 2.05) is 33.8 Å². The normalized spacial score (nSPS) is 11.2. The van der Waals surface area contributed by atoms with Gasteiger partial charge >= 0.3 is 5.63 Å². The number of hydrogen-bond donors (Lipinski definition) is 1. The Morgan fingerprint density at radius 1 is 0.933 bits per heavy atom. The first-order chi connectivity index (χ1) is 14.3. The van der Waals surface area contributed by atoms with Gasteiger partial charge < -0.3 is 18.9 Å². The van der Waals surface area contributed by atoms with Crippen molar-refractivity contribution in [1.29, 1.82) is 0 Å². The molecule has 0 fully saturated rings. The molecule has 2 aromatic heterocycles. The third kappa shape index (κ3) is 3.24. The van der Waals surface area contributed by atoms with E-state index in [0.717, 1.165) is 38.8 Å². The number of hydrogen-bond acceptors (Lipinski definition) is 5. The van der Waals surface area contributed by atoms with E-state index in [0.29, 0.717) is 22.6 Å². The van der Waals surface area contributed by atoms with Gasteiger partial charge in [-0.05, 0) is 69.2 Å². The fourth-order valence-electron chi connectivity index (χ4n) is 3.74. The van der Waals surface area contributed by atoms with Crippen LogP contribution < -0.4 is 15.7 Å². The van der Waals surface area contributed by atoms with E-state index in [1.165, 1.54) is 0 Å². The molecule has 0 radical (unpaired) electrons. The summed E-state index contributed by atoms with van der Waals surface area (Å²) in [6.45, 7) is 7.65. The van der Waals surface area contributed by atoms with Gasteiger partial charge in [-0.2, -0.15) is 0 Å². The molecule has 0 aliphatic heterocycles. The number of carbonyl (C=O) groups is 1. The number of aryl methyl sites for hydroxylation is 4. The maximum absolute atomic E-state index is 12.7. The minimum atomic E-state index is -0.507. The van der Waals surface area contributed by atoms with Crippen LogP contribution in [0.3, 0.4) is 0 Å². The summed E-state index contributed by atoms with van der Waals surface area (Å²) < 4.78 is 16.6. The Bertz CT molecular complexity index is 1340. The number of methoxy groups -OCH3 is 1. The zero-order valence-electron chi connectivity index (χ0n) is 17.6. The van der Waals surface area contributed by atoms with Gasteiger partial charge in [0.2, 0.25) is 5.91 Å². The van der Waals surface area contributed by atoms with Gasteiger partial charge in [0.25, 0.3) is 0 Å². The molecule has 1 amide bonds. The minimum Gasteiger partial charge on any atom is -0.497 e. The van der Waals surface area contributed by atoms with Gasteiger partial charge in [0, 0.05) is 22.0 Å². The van der Waals surface area contributed by atoms with Crippen LogP contribution in [-0.2, 0) is 11.2 Å². The number of rotatable bonds is 4. The molecule has 0 bridgehead atoms. The predicted molar refractivity (Wildman–Crippen MR) is 117 cm³/mol. The van der Waals surface area contributed by atoms with Gasteiger partial charge in [-0.25, -0.2) is 4.79 Å². The summed E-state index contributed by atoms with van der Waals surface area (Å²) in [5.41, 5.74) is 4.29. The van der Waals surface area contributed by atoms with Crippen molar-refractivity contribution in [2.75, 3.05) is 12.4 Å². The second-order valence-corrected chi connectivity index (χ2v) is 7.48. The summed E-state index contributed by atoms with van der Waals surface area (Å²) in [6.07, 6.45) is -0.0728. The summed E-state index contributed by atoms with van der Waals surface area (Å²) in [6, 6.07) is 8.99. The monoisotopic (exact) mass is 405 g/mol. The van der Waals surface area contributed by atoms with E-state index < -0.39 is 5.63 Å². The molecule has 4 aromatic rings. The Morgan fingerprint density at radius 2 is 1.57 bits per heavy atom. The molecule has 2 aromatic carbocycles. The fraction of sp³-hybridized carbons (Fsp3) is 0.250. The molecular formula is C24H23NO5. The average Bonchev–Trinajstić information content (AvgIpc) is 3.01. The van der Waals surface area contributed by atoms with Gasteiger partial charge in [-0.1, -0.05) is 0 Å². The maximum Gasteiger partial charge on any atom is 0.340 e. The summed E-state index contributed by atoms with van der Waals surface area (Å²) in [7, 11) is 1.58. The zero-order valence-corrected chi connectivity index (χ0v) is 17.6. The molecule has 30 heavy (non-hydrogen) atoms. The van der Waals surface area contributed by atoms with Gasteiger partial charge in [-0.15, -0.1) is 0 Å². The Kier molecular flexibility index (Phi) is 4.86. The molecule has 154 valence electrons. The highest BCUT2D eigenvalue weighted by Crippen LogP contribution is 2.34. The number of anilines is 1. The quantitative estimate of drug-likeness (QED) is 0.485. The Labute approximate surface area is 173 Å². The molecule has 0 saturated heterocycles. The first-order valence-electron chi connectivity index (χ1n) is 9.69. The van der Waals surface area contributed by atoms with Gasteiger partial charge in [-0.3, -0.25) is 4.79 Å². The summed E-state index contributed by atoms with van der Waals surface area (Å²) >= 11 is 0. The highest BCUT2D eigenvalue weighted by molar-refractivity contribution is 6.01. The maximum atomic E-state index is 12.7. The molecule has 0 unspecified atom stereocenters. The van der Waals surface area contributed by atoms with Crippen molar-refractivity contribution in [2.24, 2.45) is 0 Å². The largest absolute Gasteiger partial charge is 0.497 e. The summed E-state index contributed by atoms with van der Waals surface area (Å²) in [4.78, 5) is 25.3. The van der Waals surface area contributed by atoms with Crippen LogP contribution in [0, 0.1) is 27.7 Å². The molecule has 0 aliphatic carbocycles. The lowest BCUT2D eigenvalue weighted by molar-refractivity contribution is -0.115. The van der Waals surface area contributed by atoms with E-state index in [2.05, 4.69) is 5.32 Å². The van der Waals surface area contributed by atoms with E-state index in [4.69, 9.17) is 13.6 Å². The third-order valence-electron chi connectivity index (χ3n) is 5.66. The first kappa shape index (κ1) is 19.8. The number of furan rings is 1. The minimum absolute atomic E-state index is 0.0728. The molecule has 0 spiro atoms. The smallest absolute Gasteiger partial charge is 0.340 e. The van der Waals surface area contributed by atoms with Gasteiger partial charge in [0.1, 0.15) is 22.7 Å². The molecule has 0 atom stereocenters. The van der Waals surface area contributed by atoms with E-state index in [1.54, 1.807) is 31.4 Å². The summed E-state index contributed by atoms with van der Waals surface area (Å²) in [5, 5.41) is 4.61. The van der Waals surface area contributed by atoms with Crippen molar-refractivity contribution in [1.82, 2.24) is 0 Å². The Hall–Kier alpha value is -3.54. The van der Waals surface area contributed by atoms with Crippen molar-refractivity contribution < 1.29 is 18.4 Å². The number of fused-ring (bicyclic) bond motifs is 2. The topological polar surface area (TPSA) is 81.7 Å². The number of benzene rings is 2. The van der Waals surface area contributed by atoms with Gasteiger partial charge in [0.05, 0.1) is 19.1 Å². The molecule has 6 nitrogen and oxygen atoms in total. The summed E-state index contributed by atoms with van der Waals surface area (Å²) in [5.74, 6) is 1.25. The lowest BCUT2D eigenvalue weighted by atomic mass is 9.98. The van der Waals surface area contributed by atoms with Crippen LogP contribution in [0.5, 0.6) is 5.75 Å². The van der Waals surface area contributed by atoms with E-state index in [-0.39, 0.29) is 12.3 Å². The SMILES string of the molecule is COc1ccc(NC(=O)Cc2c(C)c3cc4c(C)c(C)oc4c(C)c3oc2=O)cc1. The fourth-order valence-corrected chi connectivity index (χ4v) is 3.74. The van der Waals surface area contributed by atoms with Crippen molar-refractivity contribution in [3.05, 3.63) is 68.8 Å². The van der Waals surface area contributed by atoms with E-state index >= 15 is 0 Å². The van der Waals surface area contributed by atoms with Crippen LogP contribution in [0.15, 0.2) is 44.0 Å². The average molecular weight is 405 g/mol.